The minimum atomic E-state index is -3.85. The topological polar surface area (TPSA) is 147 Å². The zero-order valence-electron chi connectivity index (χ0n) is 18.8. The third kappa shape index (κ3) is 4.99. The number of nitro groups is 2. The second kappa shape index (κ2) is 10.1. The molecule has 0 radical (unpaired) electrons. The Morgan fingerprint density at radius 1 is 0.941 bits per heavy atom. The normalized spacial score (nSPS) is 14.3. The molecule has 0 saturated carbocycles. The predicted molar refractivity (Wildman–Crippen MR) is 124 cm³/mol. The van der Waals surface area contributed by atoms with Crippen molar-refractivity contribution in [3.63, 3.8) is 0 Å². The number of hydrogen-bond donors (Lipinski definition) is 0. The van der Waals surface area contributed by atoms with E-state index in [1.807, 2.05) is 0 Å². The van der Waals surface area contributed by atoms with Crippen LogP contribution in [0, 0.1) is 20.2 Å². The van der Waals surface area contributed by atoms with E-state index in [-0.39, 0.29) is 54.0 Å². The van der Waals surface area contributed by atoms with Crippen LogP contribution in [-0.2, 0) is 10.0 Å². The van der Waals surface area contributed by atoms with E-state index in [1.54, 1.807) is 23.6 Å². The van der Waals surface area contributed by atoms with Gasteiger partial charge >= 0.3 is 0 Å². The van der Waals surface area contributed by atoms with Crippen molar-refractivity contribution in [1.82, 2.24) is 9.21 Å². The van der Waals surface area contributed by atoms with Gasteiger partial charge in [0.25, 0.3) is 17.3 Å². The van der Waals surface area contributed by atoms with E-state index in [2.05, 4.69) is 0 Å². The Morgan fingerprint density at radius 2 is 1.53 bits per heavy atom. The zero-order chi connectivity index (χ0) is 25.0. The first kappa shape index (κ1) is 25.1. The van der Waals surface area contributed by atoms with Crippen LogP contribution in [0.15, 0.2) is 47.4 Å². The largest absolute Gasteiger partial charge is 0.362 e. The molecular weight excluding hydrogens is 466 g/mol. The predicted octanol–water partition coefficient (Wildman–Crippen LogP) is 2.50. The molecule has 1 heterocycles. The third-order valence-corrected chi connectivity index (χ3v) is 7.77. The minimum Gasteiger partial charge on any atom is -0.362 e. The number of nitrogens with zero attached hydrogens (tertiary/aromatic N) is 5. The molecule has 0 atom stereocenters. The van der Waals surface area contributed by atoms with Crippen molar-refractivity contribution in [2.24, 2.45) is 0 Å². The fourth-order valence-corrected chi connectivity index (χ4v) is 5.33. The number of non-ortho nitro benzene ring substituents is 1. The number of nitro benzene ring substituents is 2. The molecule has 0 bridgehead atoms. The second-order valence-electron chi connectivity index (χ2n) is 7.58. The van der Waals surface area contributed by atoms with Gasteiger partial charge in [-0.15, -0.1) is 0 Å². The van der Waals surface area contributed by atoms with Crippen molar-refractivity contribution >= 4 is 33.0 Å². The SMILES string of the molecule is CCN(CC)S(=O)(=O)c1ccc(N2CCN(C(=O)c3ccc([N+](=O)[O-])cc3)CC2)c([N+](=O)[O-])c1. The van der Waals surface area contributed by atoms with Gasteiger partial charge in [-0.05, 0) is 24.3 Å². The second-order valence-corrected chi connectivity index (χ2v) is 9.52. The highest BCUT2D eigenvalue weighted by molar-refractivity contribution is 7.89. The number of piperazine rings is 1. The Bertz CT molecular complexity index is 1190. The van der Waals surface area contributed by atoms with E-state index >= 15 is 0 Å². The lowest BCUT2D eigenvalue weighted by Crippen LogP contribution is -2.49. The van der Waals surface area contributed by atoms with Crippen molar-refractivity contribution in [3.05, 3.63) is 68.3 Å². The fraction of sp³-hybridized carbons (Fsp3) is 0.381. The molecule has 2 aromatic carbocycles. The van der Waals surface area contributed by atoms with Crippen molar-refractivity contribution in [3.8, 4) is 0 Å². The number of rotatable bonds is 8. The van der Waals surface area contributed by atoms with Crippen LogP contribution in [0.2, 0.25) is 0 Å². The molecule has 1 aliphatic heterocycles. The zero-order valence-corrected chi connectivity index (χ0v) is 19.6. The van der Waals surface area contributed by atoms with Crippen LogP contribution in [-0.4, -0.2) is 72.6 Å². The average molecular weight is 492 g/mol. The van der Waals surface area contributed by atoms with Gasteiger partial charge in [0, 0.05) is 63.0 Å². The molecular formula is C21H25N5O7S. The summed E-state index contributed by atoms with van der Waals surface area (Å²) in [6, 6.07) is 9.20. The summed E-state index contributed by atoms with van der Waals surface area (Å²) >= 11 is 0. The molecule has 3 rings (SSSR count). The van der Waals surface area contributed by atoms with Crippen LogP contribution >= 0.6 is 0 Å². The summed E-state index contributed by atoms with van der Waals surface area (Å²) in [5, 5.41) is 22.5. The van der Waals surface area contributed by atoms with E-state index in [9.17, 15) is 33.4 Å². The molecule has 34 heavy (non-hydrogen) atoms. The third-order valence-electron chi connectivity index (χ3n) is 5.72. The van der Waals surface area contributed by atoms with Gasteiger partial charge in [-0.25, -0.2) is 8.42 Å². The van der Waals surface area contributed by atoms with E-state index < -0.39 is 19.9 Å². The van der Waals surface area contributed by atoms with Gasteiger partial charge < -0.3 is 9.80 Å². The molecule has 1 saturated heterocycles. The van der Waals surface area contributed by atoms with Crippen LogP contribution in [0.5, 0.6) is 0 Å². The molecule has 182 valence electrons. The standard InChI is InChI=1S/C21H25N5O7S/c1-3-24(4-2)34(32,33)18-9-10-19(20(15-18)26(30)31)22-11-13-23(14-12-22)21(27)16-5-7-17(8-6-16)25(28)29/h5-10,15H,3-4,11-14H2,1-2H3. The lowest BCUT2D eigenvalue weighted by molar-refractivity contribution is -0.384. The molecule has 1 aliphatic rings. The number of hydrogen-bond acceptors (Lipinski definition) is 8. The summed E-state index contributed by atoms with van der Waals surface area (Å²) in [6.07, 6.45) is 0. The van der Waals surface area contributed by atoms with Crippen molar-refractivity contribution < 1.29 is 23.1 Å². The van der Waals surface area contributed by atoms with Gasteiger partial charge in [0.2, 0.25) is 10.0 Å². The van der Waals surface area contributed by atoms with Crippen molar-refractivity contribution in [1.29, 1.82) is 0 Å². The van der Waals surface area contributed by atoms with Crippen LogP contribution in [0.3, 0.4) is 0 Å². The summed E-state index contributed by atoms with van der Waals surface area (Å²) < 4.78 is 26.8. The number of sulfonamides is 1. The lowest BCUT2D eigenvalue weighted by atomic mass is 10.1. The average Bonchev–Trinajstić information content (AvgIpc) is 2.84. The first-order valence-electron chi connectivity index (χ1n) is 10.7. The van der Waals surface area contributed by atoms with Gasteiger partial charge in [0.1, 0.15) is 5.69 Å². The van der Waals surface area contributed by atoms with E-state index in [1.165, 1.54) is 40.7 Å². The number of benzene rings is 2. The van der Waals surface area contributed by atoms with Gasteiger partial charge in [0.05, 0.1) is 14.7 Å². The van der Waals surface area contributed by atoms with Gasteiger partial charge in [-0.2, -0.15) is 4.31 Å². The lowest BCUT2D eigenvalue weighted by Gasteiger charge is -2.36. The van der Waals surface area contributed by atoms with Crippen molar-refractivity contribution in [2.75, 3.05) is 44.2 Å². The number of carbonyl (C=O) groups excluding carboxylic acids is 1. The smallest absolute Gasteiger partial charge is 0.293 e. The summed E-state index contributed by atoms with van der Waals surface area (Å²) in [6.45, 7) is 5.07. The molecule has 13 heteroatoms. The minimum absolute atomic E-state index is 0.111. The molecule has 0 aromatic heterocycles. The highest BCUT2D eigenvalue weighted by Crippen LogP contribution is 2.32. The Balaban J connectivity index is 1.77. The number of amides is 1. The monoisotopic (exact) mass is 491 g/mol. The van der Waals surface area contributed by atoms with E-state index in [0.717, 1.165) is 6.07 Å². The van der Waals surface area contributed by atoms with Gasteiger partial charge in [0.15, 0.2) is 0 Å². The number of carbonyl (C=O) groups is 1. The van der Waals surface area contributed by atoms with Crippen LogP contribution in [0.25, 0.3) is 0 Å². The summed E-state index contributed by atoms with van der Waals surface area (Å²) in [5.74, 6) is -0.287. The molecule has 1 amide bonds. The maximum absolute atomic E-state index is 12.8. The molecule has 2 aromatic rings. The Morgan fingerprint density at radius 3 is 2.03 bits per heavy atom. The molecule has 0 N–H and O–H groups in total. The molecule has 12 nitrogen and oxygen atoms in total. The Hall–Kier alpha value is -3.58. The van der Waals surface area contributed by atoms with E-state index in [4.69, 9.17) is 0 Å². The quantitative estimate of drug-likeness (QED) is 0.404. The highest BCUT2D eigenvalue weighted by atomic mass is 32.2. The summed E-state index contributed by atoms with van der Waals surface area (Å²) in [4.78, 5) is 37.3. The molecule has 0 spiro atoms. The summed E-state index contributed by atoms with van der Waals surface area (Å²) in [5.41, 5.74) is 0.172. The molecule has 0 aliphatic carbocycles. The molecule has 1 fully saturated rings. The first-order chi connectivity index (χ1) is 16.1. The number of anilines is 1. The molecule has 0 unspecified atom stereocenters. The van der Waals surface area contributed by atoms with Gasteiger partial charge in [-0.1, -0.05) is 13.8 Å². The fourth-order valence-electron chi connectivity index (χ4n) is 3.85. The highest BCUT2D eigenvalue weighted by Gasteiger charge is 2.30. The van der Waals surface area contributed by atoms with Gasteiger partial charge in [-0.3, -0.25) is 25.0 Å². The Labute approximate surface area is 196 Å². The summed E-state index contributed by atoms with van der Waals surface area (Å²) in [7, 11) is -3.85. The van der Waals surface area contributed by atoms with Crippen LogP contribution < -0.4 is 4.90 Å². The maximum Gasteiger partial charge on any atom is 0.293 e. The van der Waals surface area contributed by atoms with E-state index in [0.29, 0.717) is 18.7 Å². The van der Waals surface area contributed by atoms with Crippen LogP contribution in [0.4, 0.5) is 17.1 Å². The van der Waals surface area contributed by atoms with Crippen molar-refractivity contribution in [2.45, 2.75) is 18.7 Å². The maximum atomic E-state index is 12.8. The first-order valence-corrected chi connectivity index (χ1v) is 12.1. The Kier molecular flexibility index (Phi) is 7.47. The van der Waals surface area contributed by atoms with Crippen LogP contribution in [0.1, 0.15) is 24.2 Å².